The van der Waals surface area contributed by atoms with Crippen LogP contribution < -0.4 is 9.62 Å². The first-order chi connectivity index (χ1) is 12.3. The van der Waals surface area contributed by atoms with Gasteiger partial charge in [-0.1, -0.05) is 0 Å². The molecule has 0 unspecified atom stereocenters. The maximum absolute atomic E-state index is 2.48. The van der Waals surface area contributed by atoms with Crippen LogP contribution in [0.2, 0.25) is 0 Å². The Morgan fingerprint density at radius 3 is 1.42 bits per heavy atom. The molecule has 1 heterocycles. The Morgan fingerprint density at radius 2 is 1.12 bits per heavy atom. The second-order valence-corrected chi connectivity index (χ2v) is 8.43. The minimum atomic E-state index is 0.208. The molecule has 1 fully saturated rings. The van der Waals surface area contributed by atoms with Crippen molar-refractivity contribution >= 4 is 29.3 Å². The number of benzene rings is 2. The molecule has 0 saturated carbocycles. The van der Waals surface area contributed by atoms with Crippen molar-refractivity contribution in [1.29, 1.82) is 0 Å². The third-order valence-corrected chi connectivity index (χ3v) is 5.88. The second kappa shape index (κ2) is 7.72. The summed E-state index contributed by atoms with van der Waals surface area (Å²) in [6.45, 7) is 4.72. The van der Waals surface area contributed by atoms with Crippen LogP contribution in [0, 0.1) is 13.8 Å². The van der Waals surface area contributed by atoms with E-state index < -0.39 is 0 Å². The molecule has 1 saturated heterocycles. The number of hydrogen-bond acceptors (Lipinski definition) is 4. The van der Waals surface area contributed by atoms with Crippen molar-refractivity contribution in [2.24, 2.45) is 0 Å². The van der Waals surface area contributed by atoms with Gasteiger partial charge in [-0.3, -0.25) is 0 Å². The topological polar surface area (TPSA) is 13.0 Å². The van der Waals surface area contributed by atoms with Crippen molar-refractivity contribution in [3.8, 4) is 0 Å². The monoisotopic (exact) mass is 527 g/mol. The average molecular weight is 527 g/mol. The van der Waals surface area contributed by atoms with Crippen LogP contribution >= 0.6 is 0 Å². The van der Waals surface area contributed by atoms with Crippen LogP contribution in [0.1, 0.15) is 11.1 Å². The Morgan fingerprint density at radius 1 is 0.731 bits per heavy atom. The molecule has 7 heteroatoms. The zero-order chi connectivity index (χ0) is 19.0. The normalized spacial score (nSPS) is 15.1. The van der Waals surface area contributed by atoms with E-state index >= 15 is 0 Å². The predicted octanol–water partition coefficient (Wildman–Crippen LogP) is 2.44. The molecule has 1 aliphatic heterocycles. The molecule has 2 aromatic carbocycles. The Balaban J connectivity index is 2.14. The van der Waals surface area contributed by atoms with Crippen LogP contribution in [-0.2, 0) is 19.4 Å². The van der Waals surface area contributed by atoms with Gasteiger partial charge in [0.05, 0.1) is 0 Å². The molecule has 0 radical (unpaired) electrons. The van der Waals surface area contributed by atoms with Gasteiger partial charge in [0.25, 0.3) is 0 Å². The molecule has 4 nitrogen and oxygen atoms in total. The molecule has 0 aromatic heterocycles. The molecule has 0 amide bonds. The van der Waals surface area contributed by atoms with E-state index in [9.17, 15) is 0 Å². The van der Waals surface area contributed by atoms with Crippen molar-refractivity contribution in [3.63, 3.8) is 0 Å². The van der Waals surface area contributed by atoms with Crippen molar-refractivity contribution in [2.75, 3.05) is 37.8 Å². The van der Waals surface area contributed by atoms with E-state index in [1.165, 1.54) is 26.6 Å². The SMILES string of the molecule is Cc1cccc(N2B(N(C)C)B(N(C)C)N(c3cccc(C)c3)[C]2=[Pt])c1. The fourth-order valence-electron chi connectivity index (χ4n) is 3.64. The van der Waals surface area contributed by atoms with E-state index in [1.807, 2.05) is 0 Å². The van der Waals surface area contributed by atoms with Gasteiger partial charge in [0.15, 0.2) is 0 Å². The summed E-state index contributed by atoms with van der Waals surface area (Å²) in [6.07, 6.45) is 0. The number of rotatable bonds is 4. The number of aryl methyl sites for hydroxylation is 2. The Labute approximate surface area is 169 Å². The summed E-state index contributed by atoms with van der Waals surface area (Å²) in [5.74, 6) is 0. The molecular weight excluding hydrogens is 501 g/mol. The van der Waals surface area contributed by atoms with Gasteiger partial charge in [-0.25, -0.2) is 0 Å². The summed E-state index contributed by atoms with van der Waals surface area (Å²) in [5.41, 5.74) is 5.02. The quantitative estimate of drug-likeness (QED) is 0.567. The molecule has 0 aliphatic carbocycles. The third-order valence-electron chi connectivity index (χ3n) is 4.78. The zero-order valence-electron chi connectivity index (χ0n) is 16.4. The van der Waals surface area contributed by atoms with E-state index in [2.05, 4.69) is 129 Å². The number of hydrogen-bond donors (Lipinski definition) is 0. The number of anilines is 2. The predicted molar refractivity (Wildman–Crippen MR) is 111 cm³/mol. The Hall–Kier alpha value is -1.35. The van der Waals surface area contributed by atoms with Crippen molar-refractivity contribution in [1.82, 2.24) is 9.62 Å². The fraction of sp³-hybridized carbons (Fsp3) is 0.316. The summed E-state index contributed by atoms with van der Waals surface area (Å²) in [5, 5.41) is 0. The summed E-state index contributed by atoms with van der Waals surface area (Å²) in [7, 11) is 8.64. The second-order valence-electron chi connectivity index (χ2n) is 7.41. The Bertz CT molecular complexity index is 746. The van der Waals surface area contributed by atoms with Crippen LogP contribution in [0.3, 0.4) is 0 Å². The molecule has 0 spiro atoms. The summed E-state index contributed by atoms with van der Waals surface area (Å²) >= 11 is 2.48. The van der Waals surface area contributed by atoms with Gasteiger partial charge >= 0.3 is 170 Å². The van der Waals surface area contributed by atoms with Gasteiger partial charge in [-0.2, -0.15) is 0 Å². The van der Waals surface area contributed by atoms with Gasteiger partial charge < -0.3 is 0 Å². The maximum atomic E-state index is 2.48. The van der Waals surface area contributed by atoms with Crippen molar-refractivity contribution in [2.45, 2.75) is 13.8 Å². The Kier molecular flexibility index (Phi) is 5.76. The van der Waals surface area contributed by atoms with E-state index in [4.69, 9.17) is 0 Å². The molecule has 0 bridgehead atoms. The molecule has 138 valence electrons. The van der Waals surface area contributed by atoms with Gasteiger partial charge in [0, 0.05) is 0 Å². The van der Waals surface area contributed by atoms with Crippen LogP contribution in [0.15, 0.2) is 48.5 Å². The van der Waals surface area contributed by atoms with Crippen molar-refractivity contribution in [3.05, 3.63) is 59.7 Å². The molecule has 26 heavy (non-hydrogen) atoms. The van der Waals surface area contributed by atoms with E-state index in [0.717, 1.165) is 0 Å². The van der Waals surface area contributed by atoms with E-state index in [-0.39, 0.29) is 13.7 Å². The van der Waals surface area contributed by atoms with Gasteiger partial charge in [0.2, 0.25) is 0 Å². The van der Waals surface area contributed by atoms with Crippen molar-refractivity contribution < 1.29 is 19.4 Å². The minimum absolute atomic E-state index is 0.208. The third kappa shape index (κ3) is 3.55. The molecule has 3 rings (SSSR count). The van der Waals surface area contributed by atoms with Crippen LogP contribution in [0.4, 0.5) is 11.4 Å². The molecular formula is C19H26B2N4Pt. The molecule has 0 atom stereocenters. The summed E-state index contributed by atoms with van der Waals surface area (Å²) in [6, 6.07) is 17.5. The summed E-state index contributed by atoms with van der Waals surface area (Å²) in [4.78, 5) is 9.51. The number of nitrogens with zero attached hydrogens (tertiary/aromatic N) is 4. The van der Waals surface area contributed by atoms with Crippen LogP contribution in [0.5, 0.6) is 0 Å². The first-order valence-corrected chi connectivity index (χ1v) is 9.99. The van der Waals surface area contributed by atoms with E-state index in [0.29, 0.717) is 0 Å². The molecule has 2 aromatic rings. The first-order valence-electron chi connectivity index (χ1n) is 8.85. The molecule has 0 N–H and O–H groups in total. The first kappa shape index (κ1) is 19.4. The summed E-state index contributed by atoms with van der Waals surface area (Å²) < 4.78 is 1.22. The zero-order valence-corrected chi connectivity index (χ0v) is 18.7. The van der Waals surface area contributed by atoms with Gasteiger partial charge in [-0.15, -0.1) is 0 Å². The van der Waals surface area contributed by atoms with E-state index in [1.54, 1.807) is 0 Å². The van der Waals surface area contributed by atoms with Gasteiger partial charge in [0.1, 0.15) is 0 Å². The fourth-order valence-corrected chi connectivity index (χ4v) is 4.83. The average Bonchev–Trinajstić information content (AvgIpc) is 2.88. The standard InChI is InChI=1S/C19H26B2N4.Pt/c1-16-9-7-11-18(13-16)24-15-25(19-12-8-10-17(2)14-19)21(23(5)6)20(24)22(3)4;/h7-14H,1-6H3;. The molecule has 1 aliphatic rings. The van der Waals surface area contributed by atoms with Crippen LogP contribution in [-0.4, -0.2) is 55.7 Å². The van der Waals surface area contributed by atoms with Crippen LogP contribution in [0.25, 0.3) is 0 Å². The van der Waals surface area contributed by atoms with Gasteiger partial charge in [-0.05, 0) is 0 Å².